The zero-order chi connectivity index (χ0) is 13.4. The standard InChI is InChI=1S/C14H17ClO4/c1-8-12(13-14(17-8)19-9(2)18-13)16-7-10-5-3-4-6-11(10)15/h3-6,8-9,12-14H,7H2,1-2H3/t8-,9?,12+,13-,14-/m1/s1. The van der Waals surface area contributed by atoms with Gasteiger partial charge in [0.1, 0.15) is 12.2 Å². The monoisotopic (exact) mass is 284 g/mol. The average Bonchev–Trinajstić information content (AvgIpc) is 2.84. The molecule has 0 N–H and O–H groups in total. The van der Waals surface area contributed by atoms with Crippen LogP contribution in [0.1, 0.15) is 19.4 Å². The second-order valence-electron chi connectivity index (χ2n) is 4.88. The highest BCUT2D eigenvalue weighted by Gasteiger charge is 2.50. The van der Waals surface area contributed by atoms with E-state index in [1.165, 1.54) is 0 Å². The minimum Gasteiger partial charge on any atom is -0.368 e. The smallest absolute Gasteiger partial charge is 0.189 e. The average molecular weight is 285 g/mol. The highest BCUT2D eigenvalue weighted by Crippen LogP contribution is 2.34. The van der Waals surface area contributed by atoms with Gasteiger partial charge in [-0.15, -0.1) is 0 Å². The lowest BCUT2D eigenvalue weighted by Gasteiger charge is -2.20. The first-order valence-electron chi connectivity index (χ1n) is 6.46. The highest BCUT2D eigenvalue weighted by atomic mass is 35.5. The molecular weight excluding hydrogens is 268 g/mol. The van der Waals surface area contributed by atoms with Crippen LogP contribution in [0.3, 0.4) is 0 Å². The summed E-state index contributed by atoms with van der Waals surface area (Å²) in [5.41, 5.74) is 0.965. The van der Waals surface area contributed by atoms with E-state index in [1.54, 1.807) is 0 Å². The van der Waals surface area contributed by atoms with Gasteiger partial charge in [0.2, 0.25) is 0 Å². The van der Waals surface area contributed by atoms with E-state index in [1.807, 2.05) is 38.1 Å². The molecule has 1 aromatic carbocycles. The predicted molar refractivity (Wildman–Crippen MR) is 69.8 cm³/mol. The highest BCUT2D eigenvalue weighted by molar-refractivity contribution is 6.31. The lowest BCUT2D eigenvalue weighted by Crippen LogP contribution is -2.33. The predicted octanol–water partition coefficient (Wildman–Crippen LogP) is 2.73. The number of ether oxygens (including phenoxy) is 4. The molecule has 19 heavy (non-hydrogen) atoms. The quantitative estimate of drug-likeness (QED) is 0.855. The maximum atomic E-state index is 6.11. The molecule has 4 nitrogen and oxygen atoms in total. The van der Waals surface area contributed by atoms with E-state index >= 15 is 0 Å². The van der Waals surface area contributed by atoms with Gasteiger partial charge in [-0.25, -0.2) is 0 Å². The number of halogens is 1. The van der Waals surface area contributed by atoms with Crippen LogP contribution in [-0.4, -0.2) is 30.9 Å². The molecule has 0 amide bonds. The van der Waals surface area contributed by atoms with Crippen LogP contribution in [0, 0.1) is 0 Å². The minimum atomic E-state index is -0.318. The first-order chi connectivity index (χ1) is 9.15. The summed E-state index contributed by atoms with van der Waals surface area (Å²) in [6.07, 6.45) is -0.904. The van der Waals surface area contributed by atoms with Gasteiger partial charge in [0.15, 0.2) is 12.6 Å². The zero-order valence-corrected chi connectivity index (χ0v) is 11.7. The van der Waals surface area contributed by atoms with Crippen molar-refractivity contribution in [2.24, 2.45) is 0 Å². The molecule has 2 heterocycles. The van der Waals surface area contributed by atoms with Crippen LogP contribution in [0.25, 0.3) is 0 Å². The van der Waals surface area contributed by atoms with Crippen molar-refractivity contribution in [1.29, 1.82) is 0 Å². The van der Waals surface area contributed by atoms with E-state index in [0.717, 1.165) is 5.56 Å². The molecule has 2 aliphatic heterocycles. The molecular formula is C14H17ClO4. The van der Waals surface area contributed by atoms with Gasteiger partial charge >= 0.3 is 0 Å². The van der Waals surface area contributed by atoms with Crippen molar-refractivity contribution in [3.63, 3.8) is 0 Å². The molecule has 0 aromatic heterocycles. The Bertz CT molecular complexity index is 453. The van der Waals surface area contributed by atoms with Crippen molar-refractivity contribution in [2.45, 2.75) is 51.3 Å². The van der Waals surface area contributed by atoms with Crippen LogP contribution in [0.4, 0.5) is 0 Å². The van der Waals surface area contributed by atoms with Crippen LogP contribution >= 0.6 is 11.6 Å². The Labute approximate surface area is 117 Å². The van der Waals surface area contributed by atoms with Crippen molar-refractivity contribution in [1.82, 2.24) is 0 Å². The Morgan fingerprint density at radius 2 is 1.95 bits per heavy atom. The lowest BCUT2D eigenvalue weighted by atomic mass is 10.1. The van der Waals surface area contributed by atoms with E-state index in [2.05, 4.69) is 0 Å². The van der Waals surface area contributed by atoms with Gasteiger partial charge in [0.25, 0.3) is 0 Å². The fraction of sp³-hybridized carbons (Fsp3) is 0.571. The topological polar surface area (TPSA) is 36.9 Å². The fourth-order valence-electron chi connectivity index (χ4n) is 2.51. The molecule has 5 heteroatoms. The van der Waals surface area contributed by atoms with E-state index in [4.69, 9.17) is 30.5 Å². The van der Waals surface area contributed by atoms with Crippen LogP contribution in [-0.2, 0) is 25.6 Å². The van der Waals surface area contributed by atoms with Crippen molar-refractivity contribution < 1.29 is 18.9 Å². The van der Waals surface area contributed by atoms with Gasteiger partial charge in [-0.3, -0.25) is 0 Å². The van der Waals surface area contributed by atoms with Gasteiger partial charge in [-0.1, -0.05) is 29.8 Å². The van der Waals surface area contributed by atoms with Gasteiger partial charge in [0, 0.05) is 5.02 Å². The number of hydrogen-bond acceptors (Lipinski definition) is 4. The second-order valence-corrected chi connectivity index (χ2v) is 5.29. The fourth-order valence-corrected chi connectivity index (χ4v) is 2.70. The Balaban J connectivity index is 1.65. The molecule has 0 radical (unpaired) electrons. The normalized spacial score (nSPS) is 37.5. The van der Waals surface area contributed by atoms with Gasteiger partial charge < -0.3 is 18.9 Å². The van der Waals surface area contributed by atoms with Gasteiger partial charge in [-0.2, -0.15) is 0 Å². The maximum absolute atomic E-state index is 6.11. The first kappa shape index (κ1) is 13.3. The lowest BCUT2D eigenvalue weighted by molar-refractivity contribution is -0.163. The van der Waals surface area contributed by atoms with Crippen LogP contribution in [0.2, 0.25) is 5.02 Å². The summed E-state index contributed by atoms with van der Waals surface area (Å²) >= 11 is 6.11. The Morgan fingerprint density at radius 3 is 2.74 bits per heavy atom. The minimum absolute atomic E-state index is 0.0509. The molecule has 104 valence electrons. The van der Waals surface area contributed by atoms with Crippen molar-refractivity contribution >= 4 is 11.6 Å². The molecule has 5 atom stereocenters. The molecule has 0 saturated carbocycles. The third kappa shape index (κ3) is 2.64. The summed E-state index contributed by atoms with van der Waals surface area (Å²) in [6.45, 7) is 4.27. The summed E-state index contributed by atoms with van der Waals surface area (Å²) < 4.78 is 22.8. The van der Waals surface area contributed by atoms with Crippen LogP contribution in [0.5, 0.6) is 0 Å². The molecule has 1 unspecified atom stereocenters. The Hall–Kier alpha value is -0.650. The van der Waals surface area contributed by atoms with E-state index < -0.39 is 0 Å². The third-order valence-corrected chi connectivity index (χ3v) is 3.84. The molecule has 2 aliphatic rings. The SMILES string of the molecule is CC1O[C@H]2O[C@H](C)[C@H](OCc3ccccc3Cl)[C@H]2O1. The molecule has 0 spiro atoms. The summed E-state index contributed by atoms with van der Waals surface area (Å²) in [6, 6.07) is 7.65. The van der Waals surface area contributed by atoms with Crippen LogP contribution < -0.4 is 0 Å². The molecule has 0 aliphatic carbocycles. The molecule has 1 aromatic rings. The van der Waals surface area contributed by atoms with Crippen LogP contribution in [0.15, 0.2) is 24.3 Å². The first-order valence-corrected chi connectivity index (χ1v) is 6.84. The zero-order valence-electron chi connectivity index (χ0n) is 10.9. The third-order valence-electron chi connectivity index (χ3n) is 3.47. The van der Waals surface area contributed by atoms with Crippen molar-refractivity contribution in [3.05, 3.63) is 34.9 Å². The number of fused-ring (bicyclic) bond motifs is 1. The molecule has 0 bridgehead atoms. The second kappa shape index (κ2) is 5.38. The summed E-state index contributed by atoms with van der Waals surface area (Å²) in [5.74, 6) is 0. The summed E-state index contributed by atoms with van der Waals surface area (Å²) in [4.78, 5) is 0. The van der Waals surface area contributed by atoms with Crippen molar-refractivity contribution in [2.75, 3.05) is 0 Å². The van der Waals surface area contributed by atoms with E-state index in [9.17, 15) is 0 Å². The molecule has 2 fully saturated rings. The Morgan fingerprint density at radius 1 is 1.16 bits per heavy atom. The summed E-state index contributed by atoms with van der Waals surface area (Å²) in [5, 5.41) is 0.711. The number of hydrogen-bond donors (Lipinski definition) is 0. The summed E-state index contributed by atoms with van der Waals surface area (Å²) in [7, 11) is 0. The van der Waals surface area contributed by atoms with Gasteiger partial charge in [-0.05, 0) is 25.5 Å². The maximum Gasteiger partial charge on any atom is 0.189 e. The largest absolute Gasteiger partial charge is 0.368 e. The number of benzene rings is 1. The molecule has 3 rings (SSSR count). The van der Waals surface area contributed by atoms with E-state index in [-0.39, 0.29) is 30.9 Å². The van der Waals surface area contributed by atoms with E-state index in [0.29, 0.717) is 11.6 Å². The Kier molecular flexibility index (Phi) is 3.78. The van der Waals surface area contributed by atoms with Gasteiger partial charge in [0.05, 0.1) is 12.7 Å². The van der Waals surface area contributed by atoms with Crippen molar-refractivity contribution in [3.8, 4) is 0 Å². The molecule has 2 saturated heterocycles. The number of rotatable bonds is 3.